The highest BCUT2D eigenvalue weighted by Crippen LogP contribution is 2.29. The largest absolute Gasteiger partial charge is 0.506 e. The molecule has 2 aromatic carbocycles. The van der Waals surface area contributed by atoms with Gasteiger partial charge in [0.05, 0.1) is 21.8 Å². The molecule has 0 heterocycles. The third kappa shape index (κ3) is 2.68. The number of hydrogen-bond donors (Lipinski definition) is 3. The van der Waals surface area contributed by atoms with E-state index in [1.165, 1.54) is 37.4 Å². The standard InChI is InChI=1S/C14H14N2O5S/c1-16(12-5-3-2-4-10(12)14(18)19)22(20,21)9-6-7-13(17)11(15)8-9/h2-8,17H,15H2,1H3,(H,18,19). The van der Waals surface area contributed by atoms with Crippen LogP contribution in [-0.2, 0) is 10.0 Å². The number of aromatic carboxylic acids is 1. The van der Waals surface area contributed by atoms with Gasteiger partial charge in [-0.15, -0.1) is 0 Å². The Balaban J connectivity index is 2.54. The summed E-state index contributed by atoms with van der Waals surface area (Å²) in [4.78, 5) is 11.1. The van der Waals surface area contributed by atoms with Gasteiger partial charge in [0.15, 0.2) is 0 Å². The molecule has 0 aliphatic carbocycles. The number of carboxylic acids is 1. The van der Waals surface area contributed by atoms with Crippen molar-refractivity contribution in [2.24, 2.45) is 0 Å². The molecule has 0 fully saturated rings. The molecule has 8 heteroatoms. The van der Waals surface area contributed by atoms with Gasteiger partial charge >= 0.3 is 5.97 Å². The summed E-state index contributed by atoms with van der Waals surface area (Å²) in [6, 6.07) is 9.23. The van der Waals surface area contributed by atoms with Crippen LogP contribution in [0.5, 0.6) is 5.75 Å². The van der Waals surface area contributed by atoms with Crippen LogP contribution in [0.25, 0.3) is 0 Å². The number of anilines is 2. The number of phenolic OH excluding ortho intramolecular Hbond substituents is 1. The summed E-state index contributed by atoms with van der Waals surface area (Å²) < 4.78 is 26.0. The number of nitrogen functional groups attached to an aromatic ring is 1. The number of rotatable bonds is 4. The van der Waals surface area contributed by atoms with Gasteiger partial charge in [-0.05, 0) is 30.3 Å². The zero-order chi connectivity index (χ0) is 16.5. The molecule has 0 spiro atoms. The number of carboxylic acid groups (broad SMARTS) is 1. The number of carbonyl (C=O) groups is 1. The number of nitrogens with two attached hydrogens (primary N) is 1. The van der Waals surface area contributed by atoms with Gasteiger partial charge in [-0.25, -0.2) is 13.2 Å². The Morgan fingerprint density at radius 2 is 1.82 bits per heavy atom. The predicted octanol–water partition coefficient (Wildman–Crippen LogP) is 1.50. The lowest BCUT2D eigenvalue weighted by molar-refractivity contribution is 0.0698. The van der Waals surface area contributed by atoms with Crippen molar-refractivity contribution in [3.63, 3.8) is 0 Å². The summed E-state index contributed by atoms with van der Waals surface area (Å²) in [5, 5.41) is 18.5. The molecule has 0 amide bonds. The lowest BCUT2D eigenvalue weighted by Gasteiger charge is -2.21. The number of sulfonamides is 1. The topological polar surface area (TPSA) is 121 Å². The lowest BCUT2D eigenvalue weighted by Crippen LogP contribution is -2.28. The van der Waals surface area contributed by atoms with Crippen LogP contribution in [0.4, 0.5) is 11.4 Å². The normalized spacial score (nSPS) is 11.1. The summed E-state index contributed by atoms with van der Waals surface area (Å²) in [5.41, 5.74) is 5.32. The van der Waals surface area contributed by atoms with Crippen molar-refractivity contribution >= 4 is 27.4 Å². The molecule has 2 rings (SSSR count). The quantitative estimate of drug-likeness (QED) is 0.579. The Labute approximate surface area is 127 Å². The maximum atomic E-state index is 12.6. The van der Waals surface area contributed by atoms with Gasteiger partial charge < -0.3 is 15.9 Å². The number of aromatic hydroxyl groups is 1. The summed E-state index contributed by atoms with van der Waals surface area (Å²) in [6.45, 7) is 0. The summed E-state index contributed by atoms with van der Waals surface area (Å²) in [6.07, 6.45) is 0. The number of para-hydroxylation sites is 1. The fraction of sp³-hybridized carbons (Fsp3) is 0.0714. The van der Waals surface area contributed by atoms with Crippen LogP contribution < -0.4 is 10.0 Å². The van der Waals surface area contributed by atoms with E-state index in [9.17, 15) is 18.3 Å². The lowest BCUT2D eigenvalue weighted by atomic mass is 10.2. The highest BCUT2D eigenvalue weighted by molar-refractivity contribution is 7.92. The molecule has 0 aromatic heterocycles. The van der Waals surface area contributed by atoms with E-state index < -0.39 is 16.0 Å². The van der Waals surface area contributed by atoms with E-state index in [0.717, 1.165) is 10.4 Å². The third-order valence-corrected chi connectivity index (χ3v) is 4.90. The molecule has 0 unspecified atom stereocenters. The Bertz CT molecular complexity index is 833. The summed E-state index contributed by atoms with van der Waals surface area (Å²) in [5.74, 6) is -1.46. The Morgan fingerprint density at radius 3 is 2.41 bits per heavy atom. The fourth-order valence-corrected chi connectivity index (χ4v) is 3.16. The van der Waals surface area contributed by atoms with Gasteiger partial charge in [-0.3, -0.25) is 4.31 Å². The molecule has 0 atom stereocenters. The van der Waals surface area contributed by atoms with E-state index in [2.05, 4.69) is 0 Å². The van der Waals surface area contributed by atoms with Gasteiger partial charge in [-0.2, -0.15) is 0 Å². The zero-order valence-corrected chi connectivity index (χ0v) is 12.4. The average molecular weight is 322 g/mol. The van der Waals surface area contributed by atoms with Crippen LogP contribution in [-0.4, -0.2) is 31.6 Å². The molecule has 116 valence electrons. The molecule has 0 bridgehead atoms. The van der Waals surface area contributed by atoms with Gasteiger partial charge in [0.25, 0.3) is 10.0 Å². The Hall–Kier alpha value is -2.74. The van der Waals surface area contributed by atoms with Crippen LogP contribution in [0.2, 0.25) is 0 Å². The average Bonchev–Trinajstić information content (AvgIpc) is 2.49. The minimum atomic E-state index is -4.01. The second kappa shape index (κ2) is 5.57. The molecule has 2 aromatic rings. The molecule has 22 heavy (non-hydrogen) atoms. The Morgan fingerprint density at radius 1 is 1.18 bits per heavy atom. The van der Waals surface area contributed by atoms with Crippen molar-refractivity contribution in [1.82, 2.24) is 0 Å². The molecule has 4 N–H and O–H groups in total. The maximum Gasteiger partial charge on any atom is 0.337 e. The van der Waals surface area contributed by atoms with Crippen LogP contribution in [0.3, 0.4) is 0 Å². The SMILES string of the molecule is CN(c1ccccc1C(=O)O)S(=O)(=O)c1ccc(O)c(N)c1. The van der Waals surface area contributed by atoms with Gasteiger partial charge in [0.2, 0.25) is 0 Å². The summed E-state index contributed by atoms with van der Waals surface area (Å²) >= 11 is 0. The first kappa shape index (κ1) is 15.6. The smallest absolute Gasteiger partial charge is 0.337 e. The second-order valence-electron chi connectivity index (χ2n) is 4.52. The monoisotopic (exact) mass is 322 g/mol. The first-order valence-corrected chi connectivity index (χ1v) is 7.59. The predicted molar refractivity (Wildman–Crippen MR) is 81.5 cm³/mol. The fourth-order valence-electron chi connectivity index (χ4n) is 1.91. The van der Waals surface area contributed by atoms with E-state index >= 15 is 0 Å². The van der Waals surface area contributed by atoms with E-state index in [4.69, 9.17) is 10.8 Å². The molecular formula is C14H14N2O5S. The minimum Gasteiger partial charge on any atom is -0.506 e. The molecule has 0 aliphatic rings. The van der Waals surface area contributed by atoms with Crippen molar-refractivity contribution in [1.29, 1.82) is 0 Å². The molecular weight excluding hydrogens is 308 g/mol. The highest BCUT2D eigenvalue weighted by atomic mass is 32.2. The van der Waals surface area contributed by atoms with E-state index in [1.807, 2.05) is 0 Å². The molecule has 0 saturated heterocycles. The minimum absolute atomic E-state index is 0.0293. The number of hydrogen-bond acceptors (Lipinski definition) is 5. The molecule has 0 aliphatic heterocycles. The van der Waals surface area contributed by atoms with Crippen LogP contribution in [0.15, 0.2) is 47.4 Å². The van der Waals surface area contributed by atoms with Gasteiger partial charge in [0.1, 0.15) is 5.75 Å². The second-order valence-corrected chi connectivity index (χ2v) is 6.48. The first-order valence-electron chi connectivity index (χ1n) is 6.15. The van der Waals surface area contributed by atoms with Crippen molar-refractivity contribution in [2.45, 2.75) is 4.90 Å². The van der Waals surface area contributed by atoms with Crippen LogP contribution in [0, 0.1) is 0 Å². The van der Waals surface area contributed by atoms with E-state index in [1.54, 1.807) is 6.07 Å². The van der Waals surface area contributed by atoms with Crippen LogP contribution in [0.1, 0.15) is 10.4 Å². The molecule has 0 radical (unpaired) electrons. The van der Waals surface area contributed by atoms with Crippen molar-refractivity contribution in [3.8, 4) is 5.75 Å². The van der Waals surface area contributed by atoms with E-state index in [0.29, 0.717) is 0 Å². The first-order chi connectivity index (χ1) is 10.2. The van der Waals surface area contributed by atoms with Crippen LogP contribution >= 0.6 is 0 Å². The highest BCUT2D eigenvalue weighted by Gasteiger charge is 2.25. The van der Waals surface area contributed by atoms with Gasteiger partial charge in [-0.1, -0.05) is 12.1 Å². The number of nitrogens with zero attached hydrogens (tertiary/aromatic N) is 1. The van der Waals surface area contributed by atoms with Gasteiger partial charge in [0, 0.05) is 7.05 Å². The van der Waals surface area contributed by atoms with E-state index in [-0.39, 0.29) is 27.6 Å². The third-order valence-electron chi connectivity index (χ3n) is 3.13. The Kier molecular flexibility index (Phi) is 3.96. The number of phenols is 1. The van der Waals surface area contributed by atoms with Crippen molar-refractivity contribution in [2.75, 3.05) is 17.1 Å². The number of benzene rings is 2. The molecule has 7 nitrogen and oxygen atoms in total. The summed E-state index contributed by atoms with van der Waals surface area (Å²) in [7, 11) is -2.76. The van der Waals surface area contributed by atoms with Crippen molar-refractivity contribution in [3.05, 3.63) is 48.0 Å². The maximum absolute atomic E-state index is 12.6. The molecule has 0 saturated carbocycles. The zero-order valence-electron chi connectivity index (χ0n) is 11.6. The van der Waals surface area contributed by atoms with Crippen molar-refractivity contribution < 1.29 is 23.4 Å².